The Labute approximate surface area is 241 Å². The number of ether oxygens (including phenoxy) is 3. The first-order valence-electron chi connectivity index (χ1n) is 11.5. The molecule has 0 saturated carbocycles. The third kappa shape index (κ3) is 5.86. The van der Waals surface area contributed by atoms with E-state index in [2.05, 4.69) is 61.5 Å². The fraction of sp³-hybridized carbons (Fsp3) is 0.143. The Bertz CT molecular complexity index is 1530. The third-order valence-corrected chi connectivity index (χ3v) is 7.47. The van der Waals surface area contributed by atoms with Crippen LogP contribution in [0, 0.1) is 18.5 Å². The molecule has 7 nitrogen and oxygen atoms in total. The normalized spacial score (nSPS) is 12.4. The lowest BCUT2D eigenvalue weighted by Crippen LogP contribution is -2.26. The second-order valence-corrected chi connectivity index (χ2v) is 10.6. The molecule has 0 aliphatic carbocycles. The Morgan fingerprint density at radius 2 is 1.89 bits per heavy atom. The van der Waals surface area contributed by atoms with Gasteiger partial charge in [0.15, 0.2) is 11.5 Å². The quantitative estimate of drug-likeness (QED) is 0.134. The number of rotatable bonds is 8. The summed E-state index contributed by atoms with van der Waals surface area (Å²) in [6.45, 7) is 1.04. The number of benzene rings is 3. The van der Waals surface area contributed by atoms with E-state index < -0.39 is 5.91 Å². The fourth-order valence-corrected chi connectivity index (χ4v) is 6.17. The van der Waals surface area contributed by atoms with E-state index in [1.807, 2.05) is 60.8 Å². The summed E-state index contributed by atoms with van der Waals surface area (Å²) in [5.74, 6) is 1.81. The van der Waals surface area contributed by atoms with Crippen LogP contribution in [0.1, 0.15) is 16.7 Å². The Morgan fingerprint density at radius 3 is 2.70 bits per heavy atom. The maximum absolute atomic E-state index is 12.7. The number of aromatic nitrogens is 1. The van der Waals surface area contributed by atoms with E-state index >= 15 is 0 Å². The molecular weight excluding hydrogens is 696 g/mol. The summed E-state index contributed by atoms with van der Waals surface area (Å²) in [5.41, 5.74) is 3.97. The van der Waals surface area contributed by atoms with Crippen LogP contribution in [0.3, 0.4) is 0 Å². The van der Waals surface area contributed by atoms with Crippen molar-refractivity contribution in [2.24, 2.45) is 0 Å². The summed E-state index contributed by atoms with van der Waals surface area (Å²) in [7, 11) is 0. The van der Waals surface area contributed by atoms with Crippen molar-refractivity contribution in [3.8, 4) is 23.3 Å². The number of nitrogens with one attached hydrogen (secondary N) is 2. The number of nitrogens with zero attached hydrogens (tertiary/aromatic N) is 1. The molecule has 5 rings (SSSR count). The molecule has 3 aromatic carbocycles. The highest BCUT2D eigenvalue weighted by molar-refractivity contribution is 14.1. The van der Waals surface area contributed by atoms with E-state index in [0.29, 0.717) is 19.6 Å². The maximum Gasteiger partial charge on any atom is 0.261 e. The van der Waals surface area contributed by atoms with Crippen LogP contribution in [0.2, 0.25) is 0 Å². The highest BCUT2D eigenvalue weighted by atomic mass is 127. The number of carbonyl (C=O) groups is 1. The molecule has 37 heavy (non-hydrogen) atoms. The second-order valence-electron chi connectivity index (χ2n) is 8.33. The third-order valence-electron chi connectivity index (χ3n) is 5.87. The topological polar surface area (TPSA) is 96.4 Å². The molecule has 9 heteroatoms. The highest BCUT2D eigenvalue weighted by Gasteiger charge is 2.15. The molecule has 0 saturated heterocycles. The number of aromatic amines is 1. The molecule has 0 spiro atoms. The molecule has 0 unspecified atom stereocenters. The van der Waals surface area contributed by atoms with Gasteiger partial charge in [0.2, 0.25) is 6.79 Å². The van der Waals surface area contributed by atoms with Crippen molar-refractivity contribution >= 4 is 68.1 Å². The van der Waals surface area contributed by atoms with Gasteiger partial charge >= 0.3 is 0 Å². The van der Waals surface area contributed by atoms with Gasteiger partial charge in [0, 0.05) is 23.6 Å². The van der Waals surface area contributed by atoms with E-state index in [1.165, 1.54) is 0 Å². The van der Waals surface area contributed by atoms with E-state index in [-0.39, 0.29) is 12.4 Å². The molecule has 0 atom stereocenters. The van der Waals surface area contributed by atoms with Gasteiger partial charge in [-0.25, -0.2) is 0 Å². The van der Waals surface area contributed by atoms with Crippen LogP contribution < -0.4 is 19.5 Å². The van der Waals surface area contributed by atoms with E-state index in [9.17, 15) is 10.1 Å². The van der Waals surface area contributed by atoms with Crippen molar-refractivity contribution in [1.82, 2.24) is 10.3 Å². The summed E-state index contributed by atoms with van der Waals surface area (Å²) >= 11 is 4.41. The lowest BCUT2D eigenvalue weighted by Gasteiger charge is -2.12. The lowest BCUT2D eigenvalue weighted by molar-refractivity contribution is -0.117. The van der Waals surface area contributed by atoms with Crippen molar-refractivity contribution in [2.75, 3.05) is 13.3 Å². The van der Waals surface area contributed by atoms with Gasteiger partial charge in [0.25, 0.3) is 5.91 Å². The monoisotopic (exact) mass is 717 g/mol. The van der Waals surface area contributed by atoms with Gasteiger partial charge in [-0.2, -0.15) is 5.26 Å². The molecule has 186 valence electrons. The smallest absolute Gasteiger partial charge is 0.261 e. The molecule has 0 radical (unpaired) electrons. The molecule has 4 aromatic rings. The fourth-order valence-electron chi connectivity index (χ4n) is 4.05. The minimum atomic E-state index is -0.393. The first-order valence-corrected chi connectivity index (χ1v) is 13.6. The van der Waals surface area contributed by atoms with Gasteiger partial charge < -0.3 is 24.5 Å². The van der Waals surface area contributed by atoms with Crippen molar-refractivity contribution in [2.45, 2.75) is 13.0 Å². The number of halogens is 2. The number of fused-ring (bicyclic) bond motifs is 2. The zero-order valence-electron chi connectivity index (χ0n) is 19.5. The summed E-state index contributed by atoms with van der Waals surface area (Å²) in [5, 5.41) is 13.6. The highest BCUT2D eigenvalue weighted by Crippen LogP contribution is 2.34. The molecule has 2 N–H and O–H groups in total. The van der Waals surface area contributed by atoms with E-state index in [4.69, 9.17) is 14.2 Å². The largest absolute Gasteiger partial charge is 0.487 e. The van der Waals surface area contributed by atoms with Crippen LogP contribution in [0.25, 0.3) is 17.0 Å². The Balaban J connectivity index is 1.22. The number of amides is 1. The van der Waals surface area contributed by atoms with Crippen molar-refractivity contribution < 1.29 is 19.0 Å². The van der Waals surface area contributed by atoms with Gasteiger partial charge in [0.1, 0.15) is 24.0 Å². The molecule has 0 bridgehead atoms. The first kappa shape index (κ1) is 25.4. The number of hydrogen-bond acceptors (Lipinski definition) is 5. The molecule has 1 aromatic heterocycles. The summed E-state index contributed by atoms with van der Waals surface area (Å²) in [6, 6.07) is 19.6. The SMILES string of the molecule is N#C/C(=C/c1cc(I)c(OCc2ccc3c(c2)OCO3)c(I)c1)C(=O)NCCc1c[nH]c2ccccc12. The predicted molar refractivity (Wildman–Crippen MR) is 157 cm³/mol. The summed E-state index contributed by atoms with van der Waals surface area (Å²) in [4.78, 5) is 15.9. The first-order chi connectivity index (χ1) is 18.0. The molecule has 1 aliphatic heterocycles. The van der Waals surface area contributed by atoms with Crippen molar-refractivity contribution in [1.29, 1.82) is 5.26 Å². The Morgan fingerprint density at radius 1 is 1.11 bits per heavy atom. The lowest BCUT2D eigenvalue weighted by atomic mass is 10.1. The van der Waals surface area contributed by atoms with Crippen LogP contribution in [0.15, 0.2) is 66.4 Å². The van der Waals surface area contributed by atoms with E-state index in [0.717, 1.165) is 52.0 Å². The summed E-state index contributed by atoms with van der Waals surface area (Å²) in [6.07, 6.45) is 4.23. The van der Waals surface area contributed by atoms with Crippen LogP contribution >= 0.6 is 45.2 Å². The predicted octanol–water partition coefficient (Wildman–Crippen LogP) is 5.95. The minimum absolute atomic E-state index is 0.0551. The van der Waals surface area contributed by atoms with Crippen LogP contribution in [-0.2, 0) is 17.8 Å². The minimum Gasteiger partial charge on any atom is -0.487 e. The van der Waals surface area contributed by atoms with Crippen LogP contribution in [0.4, 0.5) is 0 Å². The van der Waals surface area contributed by atoms with Crippen LogP contribution in [-0.4, -0.2) is 24.2 Å². The number of carbonyl (C=O) groups excluding carboxylic acids is 1. The van der Waals surface area contributed by atoms with Crippen molar-refractivity contribution in [3.63, 3.8) is 0 Å². The second kappa shape index (κ2) is 11.4. The maximum atomic E-state index is 12.7. The standard InChI is InChI=1S/C28H21I2N3O4/c29-22-10-18(11-23(30)27(22)35-15-17-5-6-25-26(12-17)37-16-36-25)9-20(13-31)28(34)32-8-7-19-14-33-24-4-2-1-3-21(19)24/h1-6,9-12,14,33H,7-8,15-16H2,(H,32,34)/b20-9-. The summed E-state index contributed by atoms with van der Waals surface area (Å²) < 4.78 is 18.6. The molecule has 1 amide bonds. The van der Waals surface area contributed by atoms with Crippen molar-refractivity contribution in [3.05, 3.63) is 90.2 Å². The zero-order valence-corrected chi connectivity index (χ0v) is 23.8. The molecule has 0 fully saturated rings. The van der Waals surface area contributed by atoms with Gasteiger partial charge in [-0.15, -0.1) is 0 Å². The number of hydrogen-bond donors (Lipinski definition) is 2. The van der Waals surface area contributed by atoms with Gasteiger partial charge in [0.05, 0.1) is 7.14 Å². The zero-order chi connectivity index (χ0) is 25.8. The number of nitriles is 1. The Hall–Kier alpha value is -3.24. The number of para-hydroxylation sites is 1. The van der Waals surface area contributed by atoms with E-state index in [1.54, 1.807) is 6.08 Å². The average molecular weight is 717 g/mol. The van der Waals surface area contributed by atoms with Gasteiger partial charge in [-0.05, 0) is 105 Å². The van der Waals surface area contributed by atoms with Gasteiger partial charge in [-0.1, -0.05) is 24.3 Å². The molecule has 1 aliphatic rings. The number of H-pyrrole nitrogens is 1. The Kier molecular flexibility index (Phi) is 7.85. The average Bonchev–Trinajstić information content (AvgIpc) is 3.53. The molecular formula is C28H21I2N3O4. The van der Waals surface area contributed by atoms with Crippen LogP contribution in [0.5, 0.6) is 17.2 Å². The molecule has 2 heterocycles. The van der Waals surface area contributed by atoms with Gasteiger partial charge in [-0.3, -0.25) is 4.79 Å².